The van der Waals surface area contributed by atoms with E-state index in [1.807, 2.05) is 12.1 Å². The van der Waals surface area contributed by atoms with Crippen LogP contribution in [0.15, 0.2) is 18.2 Å². The highest BCUT2D eigenvalue weighted by atomic mass is 16.5. The number of rotatable bonds is 4. The van der Waals surface area contributed by atoms with Gasteiger partial charge >= 0.3 is 0 Å². The zero-order valence-electron chi connectivity index (χ0n) is 10.8. The third kappa shape index (κ3) is 3.55. The van der Waals surface area contributed by atoms with Crippen LogP contribution in [0.2, 0.25) is 0 Å². The molecule has 2 heteroatoms. The summed E-state index contributed by atoms with van der Waals surface area (Å²) in [6.45, 7) is 4.54. The molecular weight excluding hydrogens is 212 g/mol. The fraction of sp³-hybridized carbons (Fsp3) is 0.600. The molecule has 2 nitrogen and oxygen atoms in total. The summed E-state index contributed by atoms with van der Waals surface area (Å²) < 4.78 is 5.75. The van der Waals surface area contributed by atoms with Gasteiger partial charge in [-0.2, -0.15) is 0 Å². The van der Waals surface area contributed by atoms with Crippen LogP contribution in [0.4, 0.5) is 0 Å². The number of ether oxygens (including phenoxy) is 1. The van der Waals surface area contributed by atoms with Crippen molar-refractivity contribution in [3.63, 3.8) is 0 Å². The van der Waals surface area contributed by atoms with E-state index in [0.29, 0.717) is 12.7 Å². The number of benzene rings is 1. The highest BCUT2D eigenvalue weighted by Gasteiger charge is 2.17. The van der Waals surface area contributed by atoms with Gasteiger partial charge in [0.2, 0.25) is 0 Å². The highest BCUT2D eigenvalue weighted by Crippen LogP contribution is 2.23. The van der Waals surface area contributed by atoms with Crippen LogP contribution >= 0.6 is 0 Å². The molecule has 0 radical (unpaired) electrons. The van der Waals surface area contributed by atoms with Crippen LogP contribution in [0.5, 0.6) is 0 Å². The Morgan fingerprint density at radius 3 is 2.35 bits per heavy atom. The number of hydrogen-bond donors (Lipinski definition) is 1. The molecule has 0 saturated heterocycles. The van der Waals surface area contributed by atoms with Crippen molar-refractivity contribution >= 4 is 0 Å². The molecular formula is C15H22O2. The lowest BCUT2D eigenvalue weighted by Crippen LogP contribution is -2.14. The first kappa shape index (κ1) is 12.6. The molecule has 1 saturated carbocycles. The lowest BCUT2D eigenvalue weighted by molar-refractivity contribution is -0.00701. The van der Waals surface area contributed by atoms with Gasteiger partial charge in [-0.1, -0.05) is 42.2 Å². The molecule has 0 amide bonds. The predicted molar refractivity (Wildman–Crippen MR) is 69.1 cm³/mol. The molecule has 1 atom stereocenters. The van der Waals surface area contributed by atoms with E-state index in [-0.39, 0.29) is 0 Å². The second-order valence-electron chi connectivity index (χ2n) is 5.18. The smallest absolute Gasteiger partial charge is 0.102 e. The molecule has 1 aromatic carbocycles. The van der Waals surface area contributed by atoms with Crippen molar-refractivity contribution in [1.82, 2.24) is 0 Å². The third-order valence-corrected chi connectivity index (χ3v) is 3.42. The van der Waals surface area contributed by atoms with E-state index in [0.717, 1.165) is 18.4 Å². The van der Waals surface area contributed by atoms with Gasteiger partial charge in [-0.05, 0) is 32.3 Å². The van der Waals surface area contributed by atoms with Gasteiger partial charge in [-0.25, -0.2) is 0 Å². The molecule has 1 aliphatic rings. The fourth-order valence-corrected chi connectivity index (χ4v) is 2.58. The number of aliphatic hydroxyl groups excluding tert-OH is 1. The molecule has 2 rings (SSSR count). The van der Waals surface area contributed by atoms with Crippen LogP contribution in [0.1, 0.15) is 48.5 Å². The van der Waals surface area contributed by atoms with Crippen LogP contribution in [0.25, 0.3) is 0 Å². The molecule has 0 spiro atoms. The maximum Gasteiger partial charge on any atom is 0.102 e. The lowest BCUT2D eigenvalue weighted by atomic mass is 10.0. The summed E-state index contributed by atoms with van der Waals surface area (Å²) in [6.07, 6.45) is 4.72. The summed E-state index contributed by atoms with van der Waals surface area (Å²) in [5.41, 5.74) is 3.36. The van der Waals surface area contributed by atoms with E-state index in [1.165, 1.54) is 24.0 Å². The molecule has 17 heavy (non-hydrogen) atoms. The van der Waals surface area contributed by atoms with E-state index >= 15 is 0 Å². The van der Waals surface area contributed by atoms with Crippen molar-refractivity contribution < 1.29 is 9.84 Å². The van der Waals surface area contributed by atoms with Crippen molar-refractivity contribution in [2.24, 2.45) is 0 Å². The monoisotopic (exact) mass is 234 g/mol. The zero-order chi connectivity index (χ0) is 12.3. The predicted octanol–water partition coefficient (Wildman–Crippen LogP) is 3.30. The van der Waals surface area contributed by atoms with Crippen LogP contribution in [-0.2, 0) is 4.74 Å². The number of hydrogen-bond acceptors (Lipinski definition) is 2. The maximum absolute atomic E-state index is 10.1. The van der Waals surface area contributed by atoms with Gasteiger partial charge in [-0.15, -0.1) is 0 Å². The second kappa shape index (κ2) is 5.65. The minimum absolute atomic E-state index is 0.371. The summed E-state index contributed by atoms with van der Waals surface area (Å²) in [5.74, 6) is 0. The first-order valence-corrected chi connectivity index (χ1v) is 6.53. The SMILES string of the molecule is Cc1cc(C)cc(C(O)COC2CCCC2)c1. The molecule has 1 aromatic rings. The molecule has 1 aliphatic carbocycles. The second-order valence-corrected chi connectivity index (χ2v) is 5.18. The van der Waals surface area contributed by atoms with Gasteiger partial charge in [0, 0.05) is 0 Å². The van der Waals surface area contributed by atoms with Gasteiger partial charge in [0.1, 0.15) is 6.10 Å². The number of aliphatic hydroxyl groups is 1. The van der Waals surface area contributed by atoms with E-state index in [9.17, 15) is 5.11 Å². The standard InChI is InChI=1S/C15H22O2/c1-11-7-12(2)9-13(8-11)15(16)10-17-14-5-3-4-6-14/h7-9,14-16H,3-6,10H2,1-2H3. The van der Waals surface area contributed by atoms with Crippen LogP contribution in [-0.4, -0.2) is 17.8 Å². The van der Waals surface area contributed by atoms with Crippen molar-refractivity contribution in [1.29, 1.82) is 0 Å². The summed E-state index contributed by atoms with van der Waals surface area (Å²) in [7, 11) is 0. The van der Waals surface area contributed by atoms with E-state index in [2.05, 4.69) is 19.9 Å². The summed E-state index contributed by atoms with van der Waals surface area (Å²) in [6, 6.07) is 6.19. The van der Waals surface area contributed by atoms with Crippen LogP contribution in [0.3, 0.4) is 0 Å². The van der Waals surface area contributed by atoms with Crippen molar-refractivity contribution in [2.45, 2.75) is 51.7 Å². The quantitative estimate of drug-likeness (QED) is 0.866. The van der Waals surface area contributed by atoms with Crippen LogP contribution in [0, 0.1) is 13.8 Å². The average Bonchev–Trinajstić information content (AvgIpc) is 2.77. The molecule has 1 fully saturated rings. The molecule has 1 N–H and O–H groups in total. The minimum Gasteiger partial charge on any atom is -0.386 e. The maximum atomic E-state index is 10.1. The van der Waals surface area contributed by atoms with E-state index < -0.39 is 6.10 Å². The molecule has 0 heterocycles. The summed E-state index contributed by atoms with van der Waals surface area (Å²) in [5, 5.41) is 10.1. The Labute approximate surface area is 104 Å². The summed E-state index contributed by atoms with van der Waals surface area (Å²) in [4.78, 5) is 0. The van der Waals surface area contributed by atoms with Gasteiger partial charge < -0.3 is 9.84 Å². The highest BCUT2D eigenvalue weighted by molar-refractivity contribution is 5.29. The average molecular weight is 234 g/mol. The van der Waals surface area contributed by atoms with Crippen molar-refractivity contribution in [3.8, 4) is 0 Å². The Morgan fingerprint density at radius 2 is 1.76 bits per heavy atom. The molecule has 0 bridgehead atoms. The molecule has 0 aromatic heterocycles. The Morgan fingerprint density at radius 1 is 1.18 bits per heavy atom. The number of aryl methyl sites for hydroxylation is 2. The molecule has 94 valence electrons. The molecule has 0 aliphatic heterocycles. The fourth-order valence-electron chi connectivity index (χ4n) is 2.58. The van der Waals surface area contributed by atoms with Gasteiger partial charge in [0.15, 0.2) is 0 Å². The van der Waals surface area contributed by atoms with Gasteiger partial charge in [0.25, 0.3) is 0 Å². The van der Waals surface area contributed by atoms with E-state index in [4.69, 9.17) is 4.74 Å². The first-order valence-electron chi connectivity index (χ1n) is 6.53. The zero-order valence-corrected chi connectivity index (χ0v) is 10.8. The minimum atomic E-state index is -0.491. The Balaban J connectivity index is 1.91. The van der Waals surface area contributed by atoms with Crippen LogP contribution < -0.4 is 0 Å². The van der Waals surface area contributed by atoms with Gasteiger partial charge in [0.05, 0.1) is 12.7 Å². The lowest BCUT2D eigenvalue weighted by Gasteiger charge is -2.16. The summed E-state index contributed by atoms with van der Waals surface area (Å²) >= 11 is 0. The normalized spacial score (nSPS) is 18.5. The first-order chi connectivity index (χ1) is 8.15. The van der Waals surface area contributed by atoms with Crippen molar-refractivity contribution in [2.75, 3.05) is 6.61 Å². The Hall–Kier alpha value is -0.860. The Bertz CT molecular complexity index is 347. The topological polar surface area (TPSA) is 29.5 Å². The van der Waals surface area contributed by atoms with Crippen molar-refractivity contribution in [3.05, 3.63) is 34.9 Å². The Kier molecular flexibility index (Phi) is 4.19. The molecule has 1 unspecified atom stereocenters. The largest absolute Gasteiger partial charge is 0.386 e. The van der Waals surface area contributed by atoms with Gasteiger partial charge in [-0.3, -0.25) is 0 Å². The van der Waals surface area contributed by atoms with E-state index in [1.54, 1.807) is 0 Å². The third-order valence-electron chi connectivity index (χ3n) is 3.42.